The highest BCUT2D eigenvalue weighted by Gasteiger charge is 2.21. The van der Waals surface area contributed by atoms with Crippen molar-refractivity contribution in [3.8, 4) is 0 Å². The highest BCUT2D eigenvalue weighted by atomic mass is 35.5. The second-order valence-corrected chi connectivity index (χ2v) is 4.83. The zero-order chi connectivity index (χ0) is 11.4. The molecule has 0 amide bonds. The van der Waals surface area contributed by atoms with Crippen LogP contribution in [0, 0.1) is 0 Å². The first-order chi connectivity index (χ1) is 7.81. The van der Waals surface area contributed by atoms with Crippen molar-refractivity contribution in [1.82, 2.24) is 4.90 Å². The van der Waals surface area contributed by atoms with Gasteiger partial charge in [0.05, 0.1) is 0 Å². The fourth-order valence-corrected chi connectivity index (χ4v) is 2.75. The van der Waals surface area contributed by atoms with Gasteiger partial charge < -0.3 is 10.6 Å². The summed E-state index contributed by atoms with van der Waals surface area (Å²) in [5.74, 6) is 0.628. The molecular weight excluding hydrogens is 220 g/mol. The number of benzene rings is 1. The van der Waals surface area contributed by atoms with Gasteiger partial charge in [-0.25, -0.2) is 0 Å². The predicted octanol–water partition coefficient (Wildman–Crippen LogP) is 2.48. The van der Waals surface area contributed by atoms with Gasteiger partial charge in [0.2, 0.25) is 0 Å². The zero-order valence-corrected chi connectivity index (χ0v) is 10.3. The van der Waals surface area contributed by atoms with Crippen molar-refractivity contribution < 1.29 is 0 Å². The van der Waals surface area contributed by atoms with Crippen LogP contribution in [0.5, 0.6) is 0 Å². The summed E-state index contributed by atoms with van der Waals surface area (Å²) in [6, 6.07) is 8.22. The van der Waals surface area contributed by atoms with E-state index < -0.39 is 0 Å². The van der Waals surface area contributed by atoms with Crippen LogP contribution in [0.15, 0.2) is 24.3 Å². The molecule has 2 N–H and O–H groups in total. The molecule has 1 aromatic rings. The lowest BCUT2D eigenvalue weighted by Crippen LogP contribution is -2.36. The molecule has 0 unspecified atom stereocenters. The van der Waals surface area contributed by atoms with Crippen molar-refractivity contribution in [1.29, 1.82) is 0 Å². The Kier molecular flexibility index (Phi) is 4.22. The van der Waals surface area contributed by atoms with E-state index in [2.05, 4.69) is 17.0 Å². The molecule has 88 valence electrons. The lowest BCUT2D eigenvalue weighted by molar-refractivity contribution is 0.218. The number of halogens is 1. The first-order valence-corrected chi connectivity index (χ1v) is 6.36. The highest BCUT2D eigenvalue weighted by Crippen LogP contribution is 2.32. The molecule has 1 aliphatic heterocycles. The summed E-state index contributed by atoms with van der Waals surface area (Å²) in [4.78, 5) is 2.44. The van der Waals surface area contributed by atoms with Crippen LogP contribution in [0.3, 0.4) is 0 Å². The fraction of sp³-hybridized carbons (Fsp3) is 0.538. The van der Waals surface area contributed by atoms with Crippen molar-refractivity contribution in [2.24, 2.45) is 5.73 Å². The molecule has 0 radical (unpaired) electrons. The van der Waals surface area contributed by atoms with E-state index in [4.69, 9.17) is 17.3 Å². The largest absolute Gasteiger partial charge is 0.329 e. The molecular formula is C13H19ClN2. The number of nitrogens with zero attached hydrogens (tertiary/aromatic N) is 1. The van der Waals surface area contributed by atoms with E-state index in [0.29, 0.717) is 5.92 Å². The molecule has 1 fully saturated rings. The molecule has 2 nitrogen and oxygen atoms in total. The third kappa shape index (κ3) is 2.76. The van der Waals surface area contributed by atoms with Crippen molar-refractivity contribution >= 4 is 11.6 Å². The van der Waals surface area contributed by atoms with Crippen LogP contribution >= 0.6 is 11.6 Å². The van der Waals surface area contributed by atoms with Gasteiger partial charge in [-0.05, 0) is 43.5 Å². The van der Waals surface area contributed by atoms with Gasteiger partial charge in [-0.2, -0.15) is 0 Å². The lowest BCUT2D eigenvalue weighted by Gasteiger charge is -2.32. The van der Waals surface area contributed by atoms with Gasteiger partial charge in [-0.3, -0.25) is 0 Å². The molecule has 0 aliphatic carbocycles. The van der Waals surface area contributed by atoms with E-state index in [9.17, 15) is 0 Å². The Morgan fingerprint density at radius 1 is 1.25 bits per heavy atom. The standard InChI is InChI=1S/C13H19ClN2/c14-13-4-2-1-3-12(13)11-5-8-16(9-6-11)10-7-15/h1-4,11H,5-10,15H2. The molecule has 3 heteroatoms. The summed E-state index contributed by atoms with van der Waals surface area (Å²) >= 11 is 6.22. The summed E-state index contributed by atoms with van der Waals surface area (Å²) in [6.45, 7) is 4.08. The van der Waals surface area contributed by atoms with Crippen LogP contribution in [0.4, 0.5) is 0 Å². The zero-order valence-electron chi connectivity index (χ0n) is 9.53. The maximum atomic E-state index is 6.22. The van der Waals surface area contributed by atoms with Gasteiger partial charge in [0.25, 0.3) is 0 Å². The van der Waals surface area contributed by atoms with Crippen LogP contribution < -0.4 is 5.73 Å². The van der Waals surface area contributed by atoms with Crippen LogP contribution in [0.1, 0.15) is 24.3 Å². The number of hydrogen-bond acceptors (Lipinski definition) is 2. The van der Waals surface area contributed by atoms with Crippen LogP contribution in [0.25, 0.3) is 0 Å². The van der Waals surface area contributed by atoms with Gasteiger partial charge in [-0.15, -0.1) is 0 Å². The maximum Gasteiger partial charge on any atom is 0.0440 e. The molecule has 2 rings (SSSR count). The molecule has 0 bridgehead atoms. The van der Waals surface area contributed by atoms with Gasteiger partial charge in [-0.1, -0.05) is 29.8 Å². The second-order valence-electron chi connectivity index (χ2n) is 4.43. The minimum Gasteiger partial charge on any atom is -0.329 e. The van der Waals surface area contributed by atoms with Crippen molar-refractivity contribution in [3.63, 3.8) is 0 Å². The van der Waals surface area contributed by atoms with E-state index in [1.807, 2.05) is 12.1 Å². The third-order valence-corrected chi connectivity index (χ3v) is 3.72. The van der Waals surface area contributed by atoms with Gasteiger partial charge in [0.15, 0.2) is 0 Å². The fourth-order valence-electron chi connectivity index (χ4n) is 2.46. The Morgan fingerprint density at radius 2 is 1.94 bits per heavy atom. The van der Waals surface area contributed by atoms with Crippen molar-refractivity contribution in [2.75, 3.05) is 26.2 Å². The minimum absolute atomic E-state index is 0.628. The molecule has 0 atom stereocenters. The molecule has 0 spiro atoms. The number of piperidine rings is 1. The summed E-state index contributed by atoms with van der Waals surface area (Å²) < 4.78 is 0. The van der Waals surface area contributed by atoms with Crippen LogP contribution in [-0.2, 0) is 0 Å². The Hall–Kier alpha value is -0.570. The summed E-state index contributed by atoms with van der Waals surface area (Å²) in [5, 5.41) is 0.916. The van der Waals surface area contributed by atoms with Crippen LogP contribution in [0.2, 0.25) is 5.02 Å². The summed E-state index contributed by atoms with van der Waals surface area (Å²) in [5.41, 5.74) is 6.88. The third-order valence-electron chi connectivity index (χ3n) is 3.38. The van der Waals surface area contributed by atoms with E-state index in [-0.39, 0.29) is 0 Å². The number of hydrogen-bond donors (Lipinski definition) is 1. The topological polar surface area (TPSA) is 29.3 Å². The molecule has 1 saturated heterocycles. The minimum atomic E-state index is 0.628. The summed E-state index contributed by atoms with van der Waals surface area (Å²) in [7, 11) is 0. The van der Waals surface area contributed by atoms with Crippen LogP contribution in [-0.4, -0.2) is 31.1 Å². The van der Waals surface area contributed by atoms with Gasteiger partial charge in [0.1, 0.15) is 0 Å². The highest BCUT2D eigenvalue weighted by molar-refractivity contribution is 6.31. The summed E-state index contributed by atoms with van der Waals surface area (Å²) in [6.07, 6.45) is 2.40. The molecule has 1 aliphatic rings. The number of likely N-dealkylation sites (tertiary alicyclic amines) is 1. The van der Waals surface area contributed by atoms with E-state index in [1.54, 1.807) is 0 Å². The molecule has 0 saturated carbocycles. The molecule has 1 heterocycles. The quantitative estimate of drug-likeness (QED) is 0.877. The average molecular weight is 239 g/mol. The normalized spacial score (nSPS) is 18.9. The Morgan fingerprint density at radius 3 is 2.56 bits per heavy atom. The maximum absolute atomic E-state index is 6.22. The molecule has 1 aromatic carbocycles. The number of nitrogens with two attached hydrogens (primary N) is 1. The Balaban J connectivity index is 1.96. The molecule has 0 aromatic heterocycles. The van der Waals surface area contributed by atoms with E-state index in [1.165, 1.54) is 18.4 Å². The van der Waals surface area contributed by atoms with Gasteiger partial charge >= 0.3 is 0 Å². The second kappa shape index (κ2) is 5.67. The molecule has 16 heavy (non-hydrogen) atoms. The average Bonchev–Trinajstić information content (AvgIpc) is 2.31. The lowest BCUT2D eigenvalue weighted by atomic mass is 9.89. The monoisotopic (exact) mass is 238 g/mol. The Labute approximate surface area is 102 Å². The first kappa shape index (κ1) is 11.9. The first-order valence-electron chi connectivity index (χ1n) is 5.98. The van der Waals surface area contributed by atoms with Gasteiger partial charge in [0, 0.05) is 18.1 Å². The van der Waals surface area contributed by atoms with E-state index >= 15 is 0 Å². The SMILES string of the molecule is NCCN1CCC(c2ccccc2Cl)CC1. The smallest absolute Gasteiger partial charge is 0.0440 e. The van der Waals surface area contributed by atoms with Crippen molar-refractivity contribution in [3.05, 3.63) is 34.9 Å². The van der Waals surface area contributed by atoms with Crippen molar-refractivity contribution in [2.45, 2.75) is 18.8 Å². The number of rotatable bonds is 3. The Bertz CT molecular complexity index is 332. The van der Waals surface area contributed by atoms with E-state index in [0.717, 1.165) is 31.2 Å². The predicted molar refractivity (Wildman–Crippen MR) is 68.9 cm³/mol.